The fourth-order valence-electron chi connectivity index (χ4n) is 2.44. The number of nitrogens with one attached hydrogen (secondary N) is 2. The summed E-state index contributed by atoms with van der Waals surface area (Å²) in [6.45, 7) is -0.183. The molecule has 0 heterocycles. The van der Waals surface area contributed by atoms with Crippen molar-refractivity contribution in [3.05, 3.63) is 84.4 Å². The Bertz CT molecular complexity index is 931. The largest absolute Gasteiger partial charge is 0.484 e. The normalized spacial score (nSPS) is 10.6. The van der Waals surface area contributed by atoms with E-state index in [4.69, 9.17) is 4.74 Å². The number of para-hydroxylation sites is 1. The molecule has 5 nitrogen and oxygen atoms in total. The van der Waals surface area contributed by atoms with Crippen molar-refractivity contribution in [3.63, 3.8) is 0 Å². The van der Waals surface area contributed by atoms with Crippen LogP contribution in [0.2, 0.25) is 0 Å². The second-order valence-corrected chi connectivity index (χ2v) is 5.54. The van der Waals surface area contributed by atoms with Gasteiger partial charge in [-0.25, -0.2) is 0 Å². The smallest absolute Gasteiger partial charge is 0.276 e. The number of carbonyl (C=O) groups is 2. The lowest BCUT2D eigenvalue weighted by molar-refractivity contribution is -0.128. The molecular formula is C21H18N2O3. The highest BCUT2D eigenvalue weighted by Crippen LogP contribution is 2.19. The molecule has 0 aromatic heterocycles. The topological polar surface area (TPSA) is 67.4 Å². The zero-order chi connectivity index (χ0) is 18.2. The molecule has 0 aliphatic carbocycles. The number of rotatable bonds is 5. The molecule has 3 rings (SSSR count). The van der Waals surface area contributed by atoms with E-state index in [0.717, 1.165) is 16.3 Å². The third-order valence-corrected chi connectivity index (χ3v) is 3.68. The minimum Gasteiger partial charge on any atom is -0.484 e. The Kier molecular flexibility index (Phi) is 5.62. The number of hydrazine groups is 1. The summed E-state index contributed by atoms with van der Waals surface area (Å²) in [7, 11) is 0. The molecule has 3 aromatic rings. The minimum atomic E-state index is -0.444. The van der Waals surface area contributed by atoms with Crippen LogP contribution in [0.15, 0.2) is 78.9 Å². The molecule has 5 heteroatoms. The molecule has 0 fully saturated rings. The van der Waals surface area contributed by atoms with Crippen LogP contribution in [0.5, 0.6) is 5.75 Å². The van der Waals surface area contributed by atoms with Crippen LogP contribution >= 0.6 is 0 Å². The molecule has 0 saturated carbocycles. The molecule has 0 radical (unpaired) electrons. The number of fused-ring (bicyclic) bond motifs is 1. The first-order chi connectivity index (χ1) is 12.7. The van der Waals surface area contributed by atoms with Gasteiger partial charge in [-0.05, 0) is 34.5 Å². The van der Waals surface area contributed by atoms with Gasteiger partial charge < -0.3 is 4.74 Å². The summed E-state index contributed by atoms with van der Waals surface area (Å²) in [6.07, 6.45) is 3.09. The van der Waals surface area contributed by atoms with Crippen molar-refractivity contribution in [2.75, 3.05) is 6.61 Å². The lowest BCUT2D eigenvalue weighted by Gasteiger charge is -2.07. The van der Waals surface area contributed by atoms with E-state index < -0.39 is 11.8 Å². The van der Waals surface area contributed by atoms with Gasteiger partial charge in [0.1, 0.15) is 5.75 Å². The summed E-state index contributed by atoms with van der Waals surface area (Å²) < 4.78 is 5.30. The van der Waals surface area contributed by atoms with Crippen LogP contribution in [0.1, 0.15) is 5.56 Å². The van der Waals surface area contributed by atoms with E-state index in [1.54, 1.807) is 18.2 Å². The number of amides is 2. The van der Waals surface area contributed by atoms with Gasteiger partial charge in [-0.2, -0.15) is 0 Å². The molecule has 0 spiro atoms. The van der Waals surface area contributed by atoms with Gasteiger partial charge in [0.05, 0.1) is 0 Å². The van der Waals surface area contributed by atoms with Crippen LogP contribution < -0.4 is 15.6 Å². The summed E-state index contributed by atoms with van der Waals surface area (Å²) >= 11 is 0. The summed E-state index contributed by atoms with van der Waals surface area (Å²) in [6, 6.07) is 22.8. The average molecular weight is 346 g/mol. The molecule has 0 bridgehead atoms. The molecule has 0 saturated heterocycles. The molecule has 0 unspecified atom stereocenters. The number of carbonyl (C=O) groups excluding carboxylic acids is 2. The van der Waals surface area contributed by atoms with Crippen molar-refractivity contribution in [2.45, 2.75) is 0 Å². The molecule has 26 heavy (non-hydrogen) atoms. The maximum atomic E-state index is 11.9. The second-order valence-electron chi connectivity index (χ2n) is 5.54. The molecule has 130 valence electrons. The summed E-state index contributed by atoms with van der Waals surface area (Å²) in [5.41, 5.74) is 5.57. The monoisotopic (exact) mass is 346 g/mol. The van der Waals surface area contributed by atoms with Crippen LogP contribution in [-0.2, 0) is 9.59 Å². The number of benzene rings is 3. The third kappa shape index (κ3) is 4.70. The van der Waals surface area contributed by atoms with Gasteiger partial charge in [0.2, 0.25) is 0 Å². The van der Waals surface area contributed by atoms with E-state index in [9.17, 15) is 9.59 Å². The Hall–Kier alpha value is -3.60. The van der Waals surface area contributed by atoms with Gasteiger partial charge in [-0.15, -0.1) is 0 Å². The first-order valence-electron chi connectivity index (χ1n) is 8.15. The fourth-order valence-corrected chi connectivity index (χ4v) is 2.44. The van der Waals surface area contributed by atoms with E-state index in [1.807, 2.05) is 60.7 Å². The van der Waals surface area contributed by atoms with Crippen molar-refractivity contribution < 1.29 is 14.3 Å². The van der Waals surface area contributed by atoms with Gasteiger partial charge in [0, 0.05) is 6.08 Å². The highest BCUT2D eigenvalue weighted by molar-refractivity contribution is 5.97. The Morgan fingerprint density at radius 3 is 2.42 bits per heavy atom. The summed E-state index contributed by atoms with van der Waals surface area (Å²) in [4.78, 5) is 23.6. The fraction of sp³-hybridized carbons (Fsp3) is 0.0476. The molecule has 0 aliphatic rings. The quantitative estimate of drug-likeness (QED) is 0.551. The lowest BCUT2D eigenvalue weighted by atomic mass is 10.0. The zero-order valence-corrected chi connectivity index (χ0v) is 14.0. The van der Waals surface area contributed by atoms with Gasteiger partial charge >= 0.3 is 0 Å². The Labute approximate surface area is 151 Å². The van der Waals surface area contributed by atoms with Crippen molar-refractivity contribution in [2.24, 2.45) is 0 Å². The molecular weight excluding hydrogens is 328 g/mol. The number of hydrogen-bond donors (Lipinski definition) is 2. The van der Waals surface area contributed by atoms with E-state index in [2.05, 4.69) is 10.9 Å². The Morgan fingerprint density at radius 1 is 0.846 bits per heavy atom. The SMILES string of the molecule is O=C(C=Cc1cccc2ccccc12)NNC(=O)COc1ccccc1. The van der Waals surface area contributed by atoms with Crippen molar-refractivity contribution >= 4 is 28.7 Å². The lowest BCUT2D eigenvalue weighted by Crippen LogP contribution is -2.43. The standard InChI is InChI=1S/C21H18N2O3/c24-20(22-23-21(25)15-26-18-10-2-1-3-11-18)14-13-17-9-6-8-16-7-4-5-12-19(16)17/h1-14H,15H2,(H,22,24)(H,23,25). The minimum absolute atomic E-state index is 0.183. The van der Waals surface area contributed by atoms with Crippen LogP contribution in [0, 0.1) is 0 Å². The van der Waals surface area contributed by atoms with Gasteiger partial charge in [0.15, 0.2) is 6.61 Å². The predicted molar refractivity (Wildman–Crippen MR) is 101 cm³/mol. The first-order valence-corrected chi connectivity index (χ1v) is 8.15. The van der Waals surface area contributed by atoms with E-state index >= 15 is 0 Å². The zero-order valence-electron chi connectivity index (χ0n) is 14.0. The van der Waals surface area contributed by atoms with E-state index in [-0.39, 0.29) is 6.61 Å². The van der Waals surface area contributed by atoms with Crippen molar-refractivity contribution in [3.8, 4) is 5.75 Å². The molecule has 0 aliphatic heterocycles. The number of ether oxygens (including phenoxy) is 1. The average Bonchev–Trinajstić information content (AvgIpc) is 2.70. The summed E-state index contributed by atoms with van der Waals surface area (Å²) in [5, 5.41) is 2.15. The van der Waals surface area contributed by atoms with Crippen LogP contribution in [0.25, 0.3) is 16.8 Å². The summed E-state index contributed by atoms with van der Waals surface area (Å²) in [5.74, 6) is -0.281. The van der Waals surface area contributed by atoms with Crippen LogP contribution in [0.3, 0.4) is 0 Å². The predicted octanol–water partition coefficient (Wildman–Crippen LogP) is 3.08. The van der Waals surface area contributed by atoms with Crippen LogP contribution in [0.4, 0.5) is 0 Å². The molecule has 0 atom stereocenters. The second kappa shape index (κ2) is 8.48. The maximum Gasteiger partial charge on any atom is 0.276 e. The van der Waals surface area contributed by atoms with Crippen LogP contribution in [-0.4, -0.2) is 18.4 Å². The highest BCUT2D eigenvalue weighted by atomic mass is 16.5. The van der Waals surface area contributed by atoms with Crippen molar-refractivity contribution in [1.82, 2.24) is 10.9 Å². The van der Waals surface area contributed by atoms with Gasteiger partial charge in [-0.1, -0.05) is 60.7 Å². The Balaban J connectivity index is 1.50. The van der Waals surface area contributed by atoms with E-state index in [0.29, 0.717) is 5.75 Å². The van der Waals surface area contributed by atoms with Gasteiger partial charge in [-0.3, -0.25) is 20.4 Å². The maximum absolute atomic E-state index is 11.9. The highest BCUT2D eigenvalue weighted by Gasteiger charge is 2.04. The number of hydrogen-bond acceptors (Lipinski definition) is 3. The van der Waals surface area contributed by atoms with Crippen molar-refractivity contribution in [1.29, 1.82) is 0 Å². The third-order valence-electron chi connectivity index (χ3n) is 3.68. The first kappa shape index (κ1) is 17.2. The molecule has 3 aromatic carbocycles. The molecule has 2 amide bonds. The Morgan fingerprint density at radius 2 is 1.58 bits per heavy atom. The van der Waals surface area contributed by atoms with Gasteiger partial charge in [0.25, 0.3) is 11.8 Å². The molecule has 2 N–H and O–H groups in total. The van der Waals surface area contributed by atoms with E-state index in [1.165, 1.54) is 6.08 Å².